The van der Waals surface area contributed by atoms with E-state index in [-0.39, 0.29) is 17.0 Å². The number of halogens is 2. The maximum atomic E-state index is 14.0. The maximum Gasteiger partial charge on any atom is 0.123 e. The van der Waals surface area contributed by atoms with Crippen LogP contribution in [-0.4, -0.2) is 0 Å². The lowest BCUT2D eigenvalue weighted by atomic mass is 9.82. The molecule has 5 aromatic carbocycles. The van der Waals surface area contributed by atoms with Crippen LogP contribution in [0.3, 0.4) is 0 Å². The topological polar surface area (TPSA) is 3.24 Å². The summed E-state index contributed by atoms with van der Waals surface area (Å²) in [6.45, 7) is 4.52. The molecule has 0 radical (unpaired) electrons. The van der Waals surface area contributed by atoms with Gasteiger partial charge in [-0.2, -0.15) is 0 Å². The molecule has 5 aromatic rings. The molecule has 3 heteroatoms. The molecule has 0 aliphatic heterocycles. The van der Waals surface area contributed by atoms with Gasteiger partial charge >= 0.3 is 0 Å². The van der Waals surface area contributed by atoms with E-state index in [1.807, 2.05) is 30.3 Å². The molecule has 0 amide bonds. The Kier molecular flexibility index (Phi) is 5.22. The van der Waals surface area contributed by atoms with Crippen LogP contribution in [0.15, 0.2) is 115 Å². The highest BCUT2D eigenvalue weighted by Gasteiger charge is 2.37. The Bertz CT molecular complexity index is 1570. The molecule has 1 aliphatic carbocycles. The van der Waals surface area contributed by atoms with Crippen LogP contribution in [0.2, 0.25) is 0 Å². The fourth-order valence-corrected chi connectivity index (χ4v) is 5.46. The van der Waals surface area contributed by atoms with Gasteiger partial charge in [0.25, 0.3) is 0 Å². The first kappa shape index (κ1) is 22.2. The van der Waals surface area contributed by atoms with Crippen LogP contribution in [0.1, 0.15) is 25.0 Å². The number of para-hydroxylation sites is 1. The molecule has 0 N–H and O–H groups in total. The smallest absolute Gasteiger partial charge is 0.123 e. The summed E-state index contributed by atoms with van der Waals surface area (Å²) >= 11 is 0. The van der Waals surface area contributed by atoms with E-state index in [0.29, 0.717) is 0 Å². The molecule has 0 fully saturated rings. The van der Waals surface area contributed by atoms with Crippen LogP contribution < -0.4 is 4.90 Å². The Morgan fingerprint density at radius 3 is 1.81 bits per heavy atom. The molecular weight excluding hydrogens is 448 g/mol. The third kappa shape index (κ3) is 3.51. The molecule has 0 spiro atoms. The summed E-state index contributed by atoms with van der Waals surface area (Å²) in [6.07, 6.45) is 0. The Morgan fingerprint density at radius 2 is 1.08 bits per heavy atom. The van der Waals surface area contributed by atoms with Crippen molar-refractivity contribution in [3.05, 3.63) is 138 Å². The molecule has 0 bridgehead atoms. The van der Waals surface area contributed by atoms with Gasteiger partial charge in [0.2, 0.25) is 0 Å². The summed E-state index contributed by atoms with van der Waals surface area (Å²) in [6, 6.07) is 36.2. The van der Waals surface area contributed by atoms with E-state index < -0.39 is 0 Å². The summed E-state index contributed by atoms with van der Waals surface area (Å²) in [7, 11) is 0. The van der Waals surface area contributed by atoms with Crippen molar-refractivity contribution in [2.45, 2.75) is 19.3 Å². The summed E-state index contributed by atoms with van der Waals surface area (Å²) in [5.41, 5.74) is 9.46. The average molecular weight is 474 g/mol. The molecule has 1 nitrogen and oxygen atoms in total. The van der Waals surface area contributed by atoms with Gasteiger partial charge in [-0.15, -0.1) is 0 Å². The summed E-state index contributed by atoms with van der Waals surface area (Å²) in [4.78, 5) is 2.19. The zero-order valence-electron chi connectivity index (χ0n) is 20.2. The Morgan fingerprint density at radius 1 is 0.528 bits per heavy atom. The van der Waals surface area contributed by atoms with E-state index in [2.05, 4.69) is 67.3 Å². The Labute approximate surface area is 210 Å². The minimum absolute atomic E-state index is 0.146. The lowest BCUT2D eigenvalue weighted by molar-refractivity contribution is 0.627. The molecule has 176 valence electrons. The number of rotatable bonds is 4. The average Bonchev–Trinajstić information content (AvgIpc) is 3.14. The predicted molar refractivity (Wildman–Crippen MR) is 144 cm³/mol. The van der Waals surface area contributed by atoms with E-state index in [0.717, 1.165) is 28.2 Å². The fraction of sp³-hybridized carbons (Fsp3) is 0.0909. The normalized spacial score (nSPS) is 13.2. The Hall–Kier alpha value is -4.24. The molecule has 0 aromatic heterocycles. The zero-order valence-corrected chi connectivity index (χ0v) is 20.2. The number of hydrogen-bond donors (Lipinski definition) is 0. The highest BCUT2D eigenvalue weighted by molar-refractivity contribution is 5.97. The van der Waals surface area contributed by atoms with Crippen molar-refractivity contribution in [1.82, 2.24) is 0 Å². The van der Waals surface area contributed by atoms with Gasteiger partial charge in [-0.3, -0.25) is 0 Å². The molecule has 0 saturated heterocycles. The quantitative estimate of drug-likeness (QED) is 0.251. The fourth-order valence-electron chi connectivity index (χ4n) is 5.46. The molecule has 36 heavy (non-hydrogen) atoms. The predicted octanol–water partition coefficient (Wildman–Crippen LogP) is 9.41. The second-order valence-corrected chi connectivity index (χ2v) is 9.71. The van der Waals surface area contributed by atoms with Gasteiger partial charge in [-0.1, -0.05) is 80.6 Å². The minimum Gasteiger partial charge on any atom is -0.309 e. The van der Waals surface area contributed by atoms with Gasteiger partial charge in [0, 0.05) is 22.2 Å². The number of anilines is 3. The molecule has 0 atom stereocenters. The first-order valence-corrected chi connectivity index (χ1v) is 12.1. The van der Waals surface area contributed by atoms with Crippen LogP contribution >= 0.6 is 0 Å². The van der Waals surface area contributed by atoms with Crippen LogP contribution in [0.25, 0.3) is 22.3 Å². The molecule has 0 unspecified atom stereocenters. The number of benzene rings is 5. The highest BCUT2D eigenvalue weighted by atomic mass is 19.1. The highest BCUT2D eigenvalue weighted by Crippen LogP contribution is 2.54. The summed E-state index contributed by atoms with van der Waals surface area (Å²) < 4.78 is 27.7. The molecule has 1 aliphatic rings. The summed E-state index contributed by atoms with van der Waals surface area (Å²) in [5.74, 6) is -0.554. The number of hydrogen-bond acceptors (Lipinski definition) is 1. The van der Waals surface area contributed by atoms with Crippen molar-refractivity contribution < 1.29 is 8.78 Å². The Balaban J connectivity index is 1.65. The first-order chi connectivity index (χ1) is 17.4. The van der Waals surface area contributed by atoms with Crippen molar-refractivity contribution in [2.24, 2.45) is 0 Å². The van der Waals surface area contributed by atoms with Gasteiger partial charge in [0.05, 0.1) is 11.4 Å². The van der Waals surface area contributed by atoms with E-state index in [9.17, 15) is 8.78 Å². The maximum absolute atomic E-state index is 14.0. The van der Waals surface area contributed by atoms with Crippen LogP contribution in [-0.2, 0) is 5.41 Å². The number of fused-ring (bicyclic) bond motifs is 3. The molecule has 0 heterocycles. The van der Waals surface area contributed by atoms with Gasteiger partial charge < -0.3 is 4.90 Å². The third-order valence-corrected chi connectivity index (χ3v) is 7.21. The van der Waals surface area contributed by atoms with Crippen LogP contribution in [0, 0.1) is 11.6 Å². The van der Waals surface area contributed by atoms with Crippen molar-refractivity contribution >= 4 is 17.1 Å². The minimum atomic E-state index is -0.282. The SMILES string of the molecule is CC1(C)c2ccccc2-c2c(N(c3ccc(F)cc3)c3ccccc3-c3ccc(F)cc3)cccc21. The third-order valence-electron chi connectivity index (χ3n) is 7.21. The lowest BCUT2D eigenvalue weighted by Crippen LogP contribution is -2.16. The van der Waals surface area contributed by atoms with Crippen molar-refractivity contribution in [1.29, 1.82) is 0 Å². The van der Waals surface area contributed by atoms with E-state index >= 15 is 0 Å². The molecule has 6 rings (SSSR count). The monoisotopic (exact) mass is 473 g/mol. The van der Waals surface area contributed by atoms with Crippen LogP contribution in [0.5, 0.6) is 0 Å². The molecule has 0 saturated carbocycles. The van der Waals surface area contributed by atoms with Crippen molar-refractivity contribution in [3.63, 3.8) is 0 Å². The summed E-state index contributed by atoms with van der Waals surface area (Å²) in [5, 5.41) is 0. The van der Waals surface area contributed by atoms with Gasteiger partial charge in [-0.25, -0.2) is 8.78 Å². The van der Waals surface area contributed by atoms with Gasteiger partial charge in [0.1, 0.15) is 11.6 Å². The lowest BCUT2D eigenvalue weighted by Gasteiger charge is -2.30. The van der Waals surface area contributed by atoms with Crippen molar-refractivity contribution in [3.8, 4) is 22.3 Å². The van der Waals surface area contributed by atoms with E-state index in [4.69, 9.17) is 0 Å². The second-order valence-electron chi connectivity index (χ2n) is 9.71. The standard InChI is InChI=1S/C33H25F2N/c1-33(2)28-10-5-3-9-27(28)32-29(33)11-7-13-31(32)36(25-20-18-24(35)19-21-25)30-12-6-4-8-26(30)22-14-16-23(34)17-15-22/h3-21H,1-2H3. The van der Waals surface area contributed by atoms with Gasteiger partial charge in [0.15, 0.2) is 0 Å². The number of nitrogens with zero attached hydrogens (tertiary/aromatic N) is 1. The van der Waals surface area contributed by atoms with Gasteiger partial charge in [-0.05, 0) is 70.8 Å². The first-order valence-electron chi connectivity index (χ1n) is 12.1. The van der Waals surface area contributed by atoms with E-state index in [1.165, 1.54) is 46.5 Å². The van der Waals surface area contributed by atoms with E-state index in [1.54, 1.807) is 12.1 Å². The molecular formula is C33H25F2N. The largest absolute Gasteiger partial charge is 0.309 e. The van der Waals surface area contributed by atoms with Crippen LogP contribution in [0.4, 0.5) is 25.8 Å². The zero-order chi connectivity index (χ0) is 24.9. The van der Waals surface area contributed by atoms with Crippen molar-refractivity contribution in [2.75, 3.05) is 4.90 Å². The second kappa shape index (κ2) is 8.46.